The Hall–Kier alpha value is -2.24. The minimum absolute atomic E-state index is 0.913. The summed E-state index contributed by atoms with van der Waals surface area (Å²) < 4.78 is 117. The Morgan fingerprint density at radius 3 is 0.885 bits per heavy atom. The topological polar surface area (TPSA) is 936 Å². The van der Waals surface area contributed by atoms with E-state index in [-0.39, 0.29) is 0 Å². The molecule has 10 fully saturated rings. The van der Waals surface area contributed by atoms with Crippen LogP contribution in [0.2, 0.25) is 0 Å². The van der Waals surface area contributed by atoms with Crippen LogP contribution >= 0.6 is 0 Å². The molecule has 0 unspecified atom stereocenters. The van der Waals surface area contributed by atoms with Crippen molar-refractivity contribution in [2.75, 3.05) is 79.3 Å². The van der Waals surface area contributed by atoms with Gasteiger partial charge in [-0.1, -0.05) is 0 Å². The number of aliphatic hydroxyl groups is 32. The number of nitrogens with two attached hydrogens (primary N) is 4. The van der Waals surface area contributed by atoms with Crippen LogP contribution in [0.3, 0.4) is 0 Å². The van der Waals surface area contributed by atoms with Gasteiger partial charge in [0.25, 0.3) is 0 Å². The van der Waals surface area contributed by atoms with E-state index in [0.29, 0.717) is 0 Å². The van der Waals surface area contributed by atoms with Gasteiger partial charge in [-0.05, 0) is 0 Å². The van der Waals surface area contributed by atoms with E-state index in [2.05, 4.69) is 0 Å². The van der Waals surface area contributed by atoms with E-state index in [4.69, 9.17) is 118 Å². The molecule has 0 radical (unpaired) electrons. The highest BCUT2D eigenvalue weighted by Crippen LogP contribution is 2.41. The summed E-state index contributed by atoms with van der Waals surface area (Å²) in [5.41, 5.74) is 25.5. The van der Waals surface area contributed by atoms with Crippen molar-refractivity contribution in [1.82, 2.24) is 0 Å². The molecule has 10 saturated heterocycles. The lowest BCUT2D eigenvalue weighted by molar-refractivity contribution is -0.399. The van der Waals surface area contributed by atoms with Gasteiger partial charge < -0.3 is 281 Å². The SMILES string of the molecule is N[C@H]1[C@@H](O[C@@H]([C@H](O)[C@@H](N)CO)[C@H](O)CO)O[C@H](CO)[C@@H](O[C@@H]2O[C@H](CO[C@H]3O[C@H](CO)[C@@H](O)[C@H](O)[C@@H]3O[C@H]3O[C@H](CO)[C@@H](O)[C@H](O[C@@H]4O[C@H](CO)[C@H](O[C@H]5O[C@H](CO)[C@H](O)[C@H](O)[C@H]5O)[C@H](O)[C@H]4O)[C@H]3N)[C@@H](O)[C@H](O[C@H]3O[C@H](CO)[C@@H](O)[C@H](O)[C@@H]3O[C@H]3O[C@H](CO)[C@@H](O)[C@H](O[C@@H]4O[C@H](CO)[C@H](O[C@H]5O[C@H](CO)[C@H](O)[C@H](O)[C@H]5O)[C@H](O)[C@H]4O)[C@H]3N)[C@@H]2O)[C@@H]1O. The summed E-state index contributed by atoms with van der Waals surface area (Å²) in [6.45, 7) is -13.0. The van der Waals surface area contributed by atoms with Gasteiger partial charge in [-0.15, -0.1) is 0 Å². The minimum atomic E-state index is -2.56. The van der Waals surface area contributed by atoms with Crippen LogP contribution in [-0.2, 0) is 94.7 Å². The molecule has 0 aromatic rings. The van der Waals surface area contributed by atoms with E-state index >= 15 is 0 Å². The first-order chi connectivity index (χ1) is 57.9. The highest BCUT2D eigenvalue weighted by Gasteiger charge is 2.62. The lowest BCUT2D eigenvalue weighted by Crippen LogP contribution is -2.70. The molecule has 56 nitrogen and oxygen atoms in total. The van der Waals surface area contributed by atoms with Crippen LogP contribution in [-0.4, -0.2) is 574 Å². The van der Waals surface area contributed by atoms with Crippen molar-refractivity contribution >= 4 is 0 Å². The highest BCUT2D eigenvalue weighted by atomic mass is 16.8. The molecule has 10 rings (SSSR count). The zero-order chi connectivity index (χ0) is 89.8. The maximum Gasteiger partial charge on any atom is 0.187 e. The summed E-state index contributed by atoms with van der Waals surface area (Å²) in [5.74, 6) is 0. The van der Waals surface area contributed by atoms with Crippen molar-refractivity contribution in [3.63, 3.8) is 0 Å². The van der Waals surface area contributed by atoms with Crippen molar-refractivity contribution in [3.05, 3.63) is 0 Å². The van der Waals surface area contributed by atoms with Gasteiger partial charge in [0.05, 0.1) is 103 Å². The summed E-state index contributed by atoms with van der Waals surface area (Å²) in [5, 5.41) is 350. The Bertz CT molecular complexity index is 3080. The van der Waals surface area contributed by atoms with Gasteiger partial charge in [-0.25, -0.2) is 0 Å². The van der Waals surface area contributed by atoms with Crippen LogP contribution in [0.25, 0.3) is 0 Å². The second-order valence-corrected chi connectivity index (χ2v) is 31.0. The summed E-state index contributed by atoms with van der Waals surface area (Å²) in [7, 11) is 0. The first-order valence-corrected chi connectivity index (χ1v) is 38.9. The third kappa shape index (κ3) is 21.6. The smallest absolute Gasteiger partial charge is 0.187 e. The zero-order valence-electron chi connectivity index (χ0n) is 64.4. The van der Waals surface area contributed by atoms with E-state index < -0.39 is 411 Å². The average Bonchev–Trinajstić information content (AvgIpc) is 0.770. The van der Waals surface area contributed by atoms with Gasteiger partial charge in [-0.3, -0.25) is 0 Å². The van der Waals surface area contributed by atoms with E-state index in [0.717, 1.165) is 0 Å². The van der Waals surface area contributed by atoms with Crippen LogP contribution in [0, 0.1) is 0 Å². The molecule has 0 aliphatic carbocycles. The summed E-state index contributed by atoms with van der Waals surface area (Å²) in [6, 6.07) is -7.40. The summed E-state index contributed by atoms with van der Waals surface area (Å²) in [4.78, 5) is 0. The summed E-state index contributed by atoms with van der Waals surface area (Å²) in [6.07, 6.45) is -104. The second-order valence-electron chi connectivity index (χ2n) is 31.0. The molecule has 0 saturated carbocycles. The number of ether oxygens (including phenoxy) is 20. The minimum Gasteiger partial charge on any atom is -0.395 e. The molecule has 714 valence electrons. The van der Waals surface area contributed by atoms with Crippen molar-refractivity contribution in [2.24, 2.45) is 22.9 Å². The molecular formula is C66H118N4O52. The Balaban J connectivity index is 0.920. The number of aliphatic hydroxyl groups excluding tert-OH is 32. The molecule has 10 aliphatic heterocycles. The third-order valence-electron chi connectivity index (χ3n) is 22.9. The quantitative estimate of drug-likeness (QED) is 0.0280. The predicted molar refractivity (Wildman–Crippen MR) is 372 cm³/mol. The molecular weight excluding hydrogens is 1680 g/mol. The lowest BCUT2D eigenvalue weighted by atomic mass is 9.94. The van der Waals surface area contributed by atoms with Gasteiger partial charge in [0.1, 0.15) is 244 Å². The Kier molecular flexibility index (Phi) is 37.4. The molecule has 0 bridgehead atoms. The van der Waals surface area contributed by atoms with Gasteiger partial charge in [0, 0.05) is 0 Å². The van der Waals surface area contributed by atoms with Crippen molar-refractivity contribution in [3.8, 4) is 0 Å². The molecule has 0 aromatic heterocycles. The number of hydrogen-bond acceptors (Lipinski definition) is 56. The van der Waals surface area contributed by atoms with E-state index in [1.54, 1.807) is 0 Å². The van der Waals surface area contributed by atoms with Gasteiger partial charge in [-0.2, -0.15) is 0 Å². The maximum absolute atomic E-state index is 12.6. The molecule has 0 aromatic carbocycles. The Morgan fingerprint density at radius 2 is 0.500 bits per heavy atom. The summed E-state index contributed by atoms with van der Waals surface area (Å²) >= 11 is 0. The van der Waals surface area contributed by atoms with Crippen LogP contribution in [0.5, 0.6) is 0 Å². The third-order valence-corrected chi connectivity index (χ3v) is 22.9. The normalized spacial score (nSPS) is 51.0. The maximum atomic E-state index is 12.6. The fraction of sp³-hybridized carbons (Fsp3) is 1.00. The molecule has 40 N–H and O–H groups in total. The lowest BCUT2D eigenvalue weighted by Gasteiger charge is -2.51. The van der Waals surface area contributed by atoms with Crippen LogP contribution in [0.15, 0.2) is 0 Å². The molecule has 56 heteroatoms. The molecule has 0 spiro atoms. The second kappa shape index (κ2) is 44.8. The van der Waals surface area contributed by atoms with Gasteiger partial charge in [0.15, 0.2) is 62.9 Å². The largest absolute Gasteiger partial charge is 0.395 e. The van der Waals surface area contributed by atoms with Crippen LogP contribution < -0.4 is 22.9 Å². The number of hydrogen-bond donors (Lipinski definition) is 36. The van der Waals surface area contributed by atoms with Gasteiger partial charge in [0.2, 0.25) is 0 Å². The molecule has 10 heterocycles. The van der Waals surface area contributed by atoms with Crippen LogP contribution in [0.1, 0.15) is 0 Å². The Morgan fingerprint density at radius 1 is 0.230 bits per heavy atom. The molecule has 10 aliphatic rings. The predicted octanol–water partition coefficient (Wildman–Crippen LogP) is -25.5. The van der Waals surface area contributed by atoms with Crippen molar-refractivity contribution in [1.29, 1.82) is 0 Å². The van der Waals surface area contributed by atoms with Crippen molar-refractivity contribution < 1.29 is 258 Å². The van der Waals surface area contributed by atoms with Gasteiger partial charge >= 0.3 is 0 Å². The highest BCUT2D eigenvalue weighted by molar-refractivity contribution is 5.05. The van der Waals surface area contributed by atoms with E-state index in [9.17, 15) is 163 Å². The van der Waals surface area contributed by atoms with Crippen LogP contribution in [0.4, 0.5) is 0 Å². The monoisotopic (exact) mass is 1800 g/mol. The molecule has 122 heavy (non-hydrogen) atoms. The molecule has 54 atom stereocenters. The molecule has 0 amide bonds. The van der Waals surface area contributed by atoms with Crippen molar-refractivity contribution in [2.45, 2.75) is 331 Å². The zero-order valence-corrected chi connectivity index (χ0v) is 64.4. The van der Waals surface area contributed by atoms with E-state index in [1.807, 2.05) is 0 Å². The standard InChI is InChI=1S/C66H118N4O52/c67-13(1-71)28(83)48(14(82)2-72)114-57-25(68)36(91)49(21(9-79)110-57)115-64-47(102)54(120-66-56(40(95)32(87)18(6-76)109-66)122-59-27(70)53(34(89)20(8-78)105-59)119-63-46(101)42(97)51(23(11-81)112-63)117-61-44(99)38(93)30(85)16(4-74)107-61)35(90)24(113-64)12-103-65-55(39(94)31(86)17(5-75)108-65)121-58-26(69)52(33(88)19(7-77)104-58)118-62-45(100)41(96)50(22(10-80)111-62)116-60-43(98)37(92)29(84)15(3-73)106-60/h13-66,71-102H,1-12,67-70H2/t13-,14+,15+,16+,17+,18+,19+,20+,21+,22+,23+,24+,25+,26+,27+,28+,29-,30-,31+,32+,33+,34+,35+,36+,37-,38-,39-,40-,41+,42+,43+,44+,45+,46+,47-,48+,49+,50-,51-,52+,53+,54-,55-,56-,57+,58+,59+,60+,61+,62-,63-,64-,65-,66+/m0/s1. The first kappa shape index (κ1) is 102. The first-order valence-electron chi connectivity index (χ1n) is 38.9. The number of rotatable bonds is 35. The average molecular weight is 1800 g/mol. The fourth-order valence-electron chi connectivity index (χ4n) is 15.6. The Labute approximate surface area is 689 Å². The van der Waals surface area contributed by atoms with E-state index in [1.165, 1.54) is 0 Å². The fourth-order valence-corrected chi connectivity index (χ4v) is 15.6.